The van der Waals surface area contributed by atoms with Gasteiger partial charge in [-0.15, -0.1) is 0 Å². The fourth-order valence-electron chi connectivity index (χ4n) is 11.8. The molecule has 28 heteroatoms. The van der Waals surface area contributed by atoms with Crippen molar-refractivity contribution in [1.82, 2.24) is 34.9 Å². The molecule has 15 rings (SSSR count). The molecule has 4 amide bonds. The van der Waals surface area contributed by atoms with Gasteiger partial charge < -0.3 is 32.7 Å². The summed E-state index contributed by atoms with van der Waals surface area (Å²) in [6.45, 7) is 0. The minimum atomic E-state index is -0.870. The average molecular weight is 1330 g/mol. The summed E-state index contributed by atoms with van der Waals surface area (Å²) in [4.78, 5) is 97.1. The summed E-state index contributed by atoms with van der Waals surface area (Å²) in [6.07, 6.45) is 11.1. The number of nitrogens with zero attached hydrogens (tertiary/aromatic N) is 9. The van der Waals surface area contributed by atoms with Crippen LogP contribution in [0.4, 0.5) is 46.0 Å². The van der Waals surface area contributed by atoms with Crippen molar-refractivity contribution in [3.05, 3.63) is 213 Å². The van der Waals surface area contributed by atoms with E-state index < -0.39 is 21.2 Å². The third kappa shape index (κ3) is 10.7. The van der Waals surface area contributed by atoms with E-state index in [9.17, 15) is 39.4 Å². The molecule has 4 aliphatic heterocycles. The second-order valence-electron chi connectivity index (χ2n) is 20.8. The molecular weight excluding hydrogens is 1290 g/mol. The molecule has 3 spiro atoms. The molecule has 4 aromatic heterocycles. The number of hydrogen-bond donors (Lipinski definition) is 6. The van der Waals surface area contributed by atoms with E-state index in [1.165, 1.54) is 42.7 Å². The molecule has 7 aliphatic rings. The van der Waals surface area contributed by atoms with Crippen LogP contribution in [0.5, 0.6) is 0 Å². The Morgan fingerprint density at radius 3 is 1.54 bits per heavy atom. The molecule has 0 bridgehead atoms. The second-order valence-corrected chi connectivity index (χ2v) is 23.1. The minimum absolute atomic E-state index is 0.0118. The molecule has 23 nitrogen and oxygen atoms in total. The fraction of sp³-hybridized carbons (Fsp3) is 0.211. The quantitative estimate of drug-likeness (QED) is 0.0314. The van der Waals surface area contributed by atoms with Gasteiger partial charge in [-0.3, -0.25) is 39.4 Å². The Hall–Kier alpha value is -8.62. The normalized spacial score (nSPS) is 19.5. The Balaban J connectivity index is 0.000000113. The number of aromatic nitrogens is 7. The first-order chi connectivity index (χ1) is 40.8. The largest absolute Gasteiger partial charge is 0.399 e. The Bertz CT molecular complexity index is 4170. The van der Waals surface area contributed by atoms with Crippen molar-refractivity contribution in [1.29, 1.82) is 0 Å². The van der Waals surface area contributed by atoms with Crippen LogP contribution in [0.3, 0.4) is 0 Å². The number of rotatable bonds is 4. The maximum Gasteiger partial charge on any atom is 0.269 e. The third-order valence-electron chi connectivity index (χ3n) is 15.9. The zero-order chi connectivity index (χ0) is 60.1. The number of hydrogen-bond acceptors (Lipinski definition) is 17. The second kappa shape index (κ2) is 23.1. The van der Waals surface area contributed by atoms with Gasteiger partial charge in [0.05, 0.1) is 32.5 Å². The summed E-state index contributed by atoms with van der Waals surface area (Å²) in [6, 6.07) is 22.8. The Morgan fingerprint density at radius 1 is 0.518 bits per heavy atom. The number of nitro benzene ring substituents is 2. The monoisotopic (exact) mass is 1330 g/mol. The number of nitrogens with two attached hydrogens (primary N) is 2. The van der Waals surface area contributed by atoms with Gasteiger partial charge in [0.25, 0.3) is 11.4 Å². The number of alkyl halides is 2. The molecule has 0 saturated carbocycles. The van der Waals surface area contributed by atoms with Gasteiger partial charge in [-0.2, -0.15) is 0 Å². The smallest absolute Gasteiger partial charge is 0.269 e. The number of nitrogens with one attached hydrogen (secondary N) is 4. The molecular formula is C57H44Br2Cl3N15O8. The van der Waals surface area contributed by atoms with Crippen molar-refractivity contribution in [2.24, 2.45) is 0 Å². The van der Waals surface area contributed by atoms with Gasteiger partial charge in [-0.1, -0.05) is 90.9 Å². The topological polar surface area (TPSA) is 345 Å². The molecule has 8 heterocycles. The number of carbonyl (C=O) groups is 4. The van der Waals surface area contributed by atoms with E-state index in [0.717, 1.165) is 55.8 Å². The van der Waals surface area contributed by atoms with Crippen LogP contribution in [0, 0.1) is 20.2 Å². The van der Waals surface area contributed by atoms with Gasteiger partial charge in [0.15, 0.2) is 0 Å². The highest BCUT2D eigenvalue weighted by Crippen LogP contribution is 2.51. The molecule has 0 saturated heterocycles. The molecule has 0 fully saturated rings. The summed E-state index contributed by atoms with van der Waals surface area (Å²) < 4.78 is 0. The number of amides is 4. The average Bonchev–Trinajstić information content (AvgIpc) is 1.65. The Kier molecular flexibility index (Phi) is 15.8. The van der Waals surface area contributed by atoms with E-state index in [-0.39, 0.29) is 45.1 Å². The first-order valence-electron chi connectivity index (χ1n) is 25.8. The van der Waals surface area contributed by atoms with Crippen molar-refractivity contribution in [3.63, 3.8) is 0 Å². The van der Waals surface area contributed by atoms with E-state index in [1.807, 2.05) is 36.4 Å². The lowest BCUT2D eigenvalue weighted by molar-refractivity contribution is -0.385. The number of pyridine rings is 1. The summed E-state index contributed by atoms with van der Waals surface area (Å²) >= 11 is 24.8. The molecule has 8 aromatic rings. The Labute approximate surface area is 514 Å². The fourth-order valence-corrected chi connectivity index (χ4v) is 13.7. The molecule has 0 radical (unpaired) electrons. The highest BCUT2D eigenvalue weighted by atomic mass is 79.9. The van der Waals surface area contributed by atoms with Crippen molar-refractivity contribution < 1.29 is 29.0 Å². The highest BCUT2D eigenvalue weighted by molar-refractivity contribution is 9.09. The number of nitrogen functional groups attached to an aromatic ring is 2. The van der Waals surface area contributed by atoms with E-state index in [0.29, 0.717) is 106 Å². The zero-order valence-electron chi connectivity index (χ0n) is 44.1. The molecule has 3 unspecified atom stereocenters. The van der Waals surface area contributed by atoms with Crippen LogP contribution in [0.1, 0.15) is 66.8 Å². The van der Waals surface area contributed by atoms with Crippen molar-refractivity contribution in [3.8, 4) is 0 Å². The van der Waals surface area contributed by atoms with Crippen LogP contribution < -0.4 is 32.7 Å². The molecule has 430 valence electrons. The molecule has 3 atom stereocenters. The maximum atomic E-state index is 12.5. The van der Waals surface area contributed by atoms with Crippen LogP contribution in [0.2, 0.25) is 15.3 Å². The van der Waals surface area contributed by atoms with Crippen molar-refractivity contribution in [2.45, 2.75) is 71.9 Å². The molecule has 4 aromatic carbocycles. The SMILES string of the molecule is Nc1ccc2c(c1)CC1(C2)C(=O)Nc2ncnc(Cl)c21.Nc1ccc2c(c1)CC1(C2)C(=O)Nc2ncncc21.O=C1Cc2c(Cl)ccnc2N1.O=C1Nc2ncnc(Cl)c2C12Cc1ccc([N+](=O)[O-])cc1C2.O=[N+]([O-])c1ccc(CBr)c(CBr)c1. The Morgan fingerprint density at radius 2 is 0.988 bits per heavy atom. The highest BCUT2D eigenvalue weighted by Gasteiger charge is 2.55. The van der Waals surface area contributed by atoms with Crippen LogP contribution >= 0.6 is 66.7 Å². The van der Waals surface area contributed by atoms with Crippen LogP contribution in [0.15, 0.2) is 110 Å². The molecule has 8 N–H and O–H groups in total. The van der Waals surface area contributed by atoms with Crippen LogP contribution in [-0.4, -0.2) is 68.4 Å². The number of fused-ring (bicyclic) bond motifs is 10. The predicted molar refractivity (Wildman–Crippen MR) is 324 cm³/mol. The van der Waals surface area contributed by atoms with Gasteiger partial charge in [0.1, 0.15) is 52.6 Å². The lowest BCUT2D eigenvalue weighted by atomic mass is 9.80. The van der Waals surface area contributed by atoms with E-state index in [4.69, 9.17) is 46.3 Å². The molecule has 85 heavy (non-hydrogen) atoms. The number of carbonyl (C=O) groups excluding carboxylic acids is 4. The van der Waals surface area contributed by atoms with E-state index >= 15 is 0 Å². The summed E-state index contributed by atoms with van der Waals surface area (Å²) in [7, 11) is 0. The maximum absolute atomic E-state index is 12.5. The number of nitro groups is 2. The summed E-state index contributed by atoms with van der Waals surface area (Å²) in [5.41, 5.74) is 22.4. The minimum Gasteiger partial charge on any atom is -0.399 e. The lowest BCUT2D eigenvalue weighted by Crippen LogP contribution is -2.35. The number of halogens is 5. The van der Waals surface area contributed by atoms with Crippen LogP contribution in [-0.2, 0) is 91.0 Å². The van der Waals surface area contributed by atoms with Crippen molar-refractivity contribution in [2.75, 3.05) is 32.7 Å². The van der Waals surface area contributed by atoms with E-state index in [1.54, 1.807) is 36.7 Å². The van der Waals surface area contributed by atoms with Gasteiger partial charge >= 0.3 is 0 Å². The lowest BCUT2D eigenvalue weighted by Gasteiger charge is -2.20. The third-order valence-corrected chi connectivity index (χ3v) is 18.0. The number of anilines is 6. The molecule has 3 aliphatic carbocycles. The number of benzene rings is 4. The predicted octanol–water partition coefficient (Wildman–Crippen LogP) is 9.39. The van der Waals surface area contributed by atoms with Gasteiger partial charge in [0.2, 0.25) is 23.6 Å². The summed E-state index contributed by atoms with van der Waals surface area (Å²) in [5.74, 6) is 1.90. The van der Waals surface area contributed by atoms with Gasteiger partial charge in [-0.05, 0) is 113 Å². The number of non-ortho nitro benzene ring substituents is 2. The standard InChI is InChI=1S/C14H9ClN4O3.C14H11ClN4O.C14H12N4O.C8H7Br2NO2.C7H5ClN2O/c15-11-10-12(17-6-16-11)18-13(20)14(10)4-7-1-2-9(19(21)22)3-8(7)5-14;15-11-10-12(18-6-17-11)19-13(20)14(10)4-7-1-2-9(16)3-8(7)5-14;15-10-2-1-8-4-14(5-9(8)3-10)11-6-16-7-17-12(11)18-13(14)19;9-4-6-1-2-8(11(12)13)3-7(6)5-10;8-5-1-2-9-7-4(5)3-6(11)10-7/h1-3,6H,4-5H2,(H,16,17,18,20);1-3,6H,4-5,16H2,(H,17,18,19,20);1-3,6-7H,4-5,15H2,(H,16,17,18,19);1-3H,4-5H2;1-2H,3H2,(H,9,10,11). The first-order valence-corrected chi connectivity index (χ1v) is 29.2. The van der Waals surface area contributed by atoms with Crippen LogP contribution in [0.25, 0.3) is 0 Å². The van der Waals surface area contributed by atoms with Gasteiger partial charge in [-0.25, -0.2) is 34.9 Å². The van der Waals surface area contributed by atoms with E-state index in [2.05, 4.69) is 88.0 Å². The van der Waals surface area contributed by atoms with Crippen molar-refractivity contribution >= 4 is 136 Å². The zero-order valence-corrected chi connectivity index (χ0v) is 49.5. The van der Waals surface area contributed by atoms with Gasteiger partial charge in [0, 0.05) is 86.0 Å². The summed E-state index contributed by atoms with van der Waals surface area (Å²) in [5, 5.41) is 34.9. The first kappa shape index (κ1) is 58.2.